The predicted molar refractivity (Wildman–Crippen MR) is 117 cm³/mol. The molecule has 1 fully saturated rings. The summed E-state index contributed by atoms with van der Waals surface area (Å²) in [7, 11) is 0. The normalized spacial score (nSPS) is 18.0. The molecule has 0 saturated carbocycles. The number of amides is 2. The number of hydrogen-bond donors (Lipinski definition) is 2. The van der Waals surface area contributed by atoms with Crippen LogP contribution in [0.25, 0.3) is 0 Å². The molecule has 0 unspecified atom stereocenters. The number of benzene rings is 1. The second kappa shape index (κ2) is 9.72. The molecule has 2 atom stereocenters. The molecule has 1 aromatic heterocycles. The highest BCUT2D eigenvalue weighted by molar-refractivity contribution is 5.83. The Bertz CT molecular complexity index is 1080. The summed E-state index contributed by atoms with van der Waals surface area (Å²) in [4.78, 5) is 53.6. The van der Waals surface area contributed by atoms with E-state index < -0.39 is 41.5 Å². The molecule has 11 heteroatoms. The number of carbonyl (C=O) groups is 3. The third-order valence-electron chi connectivity index (χ3n) is 4.86. The number of hydrogen-bond acceptors (Lipinski definition) is 7. The average Bonchev–Trinajstić information content (AvgIpc) is 3.18. The number of carboxylic acid groups (broad SMARTS) is 1. The lowest BCUT2D eigenvalue weighted by Gasteiger charge is -2.26. The number of aliphatic carboxylic acids is 1. The zero-order chi connectivity index (χ0) is 24.2. The molecular formula is C22H26N4O7. The minimum Gasteiger partial charge on any atom is -0.480 e. The molecule has 11 nitrogen and oxygen atoms in total. The number of nitrogens with one attached hydrogen (secondary N) is 1. The lowest BCUT2D eigenvalue weighted by molar-refractivity contribution is -0.142. The van der Waals surface area contributed by atoms with Crippen molar-refractivity contribution in [3.8, 4) is 0 Å². The summed E-state index contributed by atoms with van der Waals surface area (Å²) in [6.07, 6.45) is -0.129. The second-order valence-electron chi connectivity index (χ2n) is 8.57. The van der Waals surface area contributed by atoms with Gasteiger partial charge in [-0.3, -0.25) is 14.8 Å². The van der Waals surface area contributed by atoms with Gasteiger partial charge in [0.05, 0.1) is 6.04 Å². The van der Waals surface area contributed by atoms with E-state index in [1.807, 2.05) is 18.2 Å². The SMILES string of the molecule is CC(C)(C)OC(=O)N1C[C@H](n2ccc(NC(=O)OCc3ccccc3)nc2=O)C[C@H]1C(=O)O. The molecule has 1 aliphatic rings. The smallest absolute Gasteiger partial charge is 0.413 e. The molecule has 0 aliphatic carbocycles. The molecule has 176 valence electrons. The highest BCUT2D eigenvalue weighted by Crippen LogP contribution is 2.28. The lowest BCUT2D eigenvalue weighted by Crippen LogP contribution is -2.43. The van der Waals surface area contributed by atoms with Gasteiger partial charge < -0.3 is 14.6 Å². The van der Waals surface area contributed by atoms with Crippen LogP contribution in [-0.4, -0.2) is 55.9 Å². The Morgan fingerprint density at radius 1 is 1.18 bits per heavy atom. The van der Waals surface area contributed by atoms with Crippen molar-refractivity contribution >= 4 is 24.0 Å². The van der Waals surface area contributed by atoms with E-state index >= 15 is 0 Å². The maximum Gasteiger partial charge on any atom is 0.413 e. The maximum atomic E-state index is 12.5. The number of carbonyl (C=O) groups excluding carboxylic acids is 2. The second-order valence-corrected chi connectivity index (χ2v) is 8.57. The maximum absolute atomic E-state index is 12.5. The number of rotatable bonds is 5. The van der Waals surface area contributed by atoms with Gasteiger partial charge in [-0.2, -0.15) is 4.98 Å². The van der Waals surface area contributed by atoms with Crippen molar-refractivity contribution < 1.29 is 29.0 Å². The van der Waals surface area contributed by atoms with Crippen molar-refractivity contribution in [2.75, 3.05) is 11.9 Å². The summed E-state index contributed by atoms with van der Waals surface area (Å²) < 4.78 is 11.6. The summed E-state index contributed by atoms with van der Waals surface area (Å²) in [6.45, 7) is 5.07. The Labute approximate surface area is 189 Å². The third kappa shape index (κ3) is 6.31. The largest absolute Gasteiger partial charge is 0.480 e. The summed E-state index contributed by atoms with van der Waals surface area (Å²) in [5, 5.41) is 11.9. The summed E-state index contributed by atoms with van der Waals surface area (Å²) >= 11 is 0. The van der Waals surface area contributed by atoms with Crippen LogP contribution in [-0.2, 0) is 20.9 Å². The molecule has 0 bridgehead atoms. The number of nitrogens with zero attached hydrogens (tertiary/aromatic N) is 3. The monoisotopic (exact) mass is 458 g/mol. The van der Waals surface area contributed by atoms with E-state index in [2.05, 4.69) is 10.3 Å². The zero-order valence-corrected chi connectivity index (χ0v) is 18.6. The minimum absolute atomic E-state index is 0.00825. The molecule has 2 aromatic rings. The topological polar surface area (TPSA) is 140 Å². The first kappa shape index (κ1) is 23.8. The molecule has 2 heterocycles. The fourth-order valence-electron chi connectivity index (χ4n) is 3.40. The van der Waals surface area contributed by atoms with Gasteiger partial charge in [-0.05, 0) is 32.4 Å². The summed E-state index contributed by atoms with van der Waals surface area (Å²) in [5.74, 6) is -1.20. The van der Waals surface area contributed by atoms with Crippen molar-refractivity contribution in [3.63, 3.8) is 0 Å². The minimum atomic E-state index is -1.19. The van der Waals surface area contributed by atoms with Crippen LogP contribution in [0.4, 0.5) is 15.4 Å². The van der Waals surface area contributed by atoms with Crippen LogP contribution in [0.2, 0.25) is 0 Å². The Morgan fingerprint density at radius 2 is 1.88 bits per heavy atom. The Hall–Kier alpha value is -3.89. The Balaban J connectivity index is 1.66. The predicted octanol–water partition coefficient (Wildman–Crippen LogP) is 2.63. The molecule has 2 amide bonds. The molecule has 33 heavy (non-hydrogen) atoms. The van der Waals surface area contributed by atoms with Crippen molar-refractivity contribution in [2.24, 2.45) is 0 Å². The van der Waals surface area contributed by atoms with E-state index in [9.17, 15) is 24.3 Å². The van der Waals surface area contributed by atoms with Crippen LogP contribution in [0, 0.1) is 0 Å². The van der Waals surface area contributed by atoms with Crippen LogP contribution in [0.5, 0.6) is 0 Å². The van der Waals surface area contributed by atoms with Gasteiger partial charge in [0, 0.05) is 19.2 Å². The van der Waals surface area contributed by atoms with Crippen LogP contribution < -0.4 is 11.0 Å². The van der Waals surface area contributed by atoms with Gasteiger partial charge >= 0.3 is 23.8 Å². The van der Waals surface area contributed by atoms with Crippen LogP contribution in [0.1, 0.15) is 38.8 Å². The van der Waals surface area contributed by atoms with Crippen molar-refractivity contribution in [1.82, 2.24) is 14.5 Å². The van der Waals surface area contributed by atoms with Crippen LogP contribution in [0.3, 0.4) is 0 Å². The first-order valence-corrected chi connectivity index (χ1v) is 10.3. The molecule has 2 N–H and O–H groups in total. The van der Waals surface area contributed by atoms with Crippen molar-refractivity contribution in [3.05, 3.63) is 58.6 Å². The van der Waals surface area contributed by atoms with Gasteiger partial charge in [0.2, 0.25) is 0 Å². The van der Waals surface area contributed by atoms with Crippen molar-refractivity contribution in [1.29, 1.82) is 0 Å². The van der Waals surface area contributed by atoms with Gasteiger partial charge in [0.25, 0.3) is 0 Å². The number of likely N-dealkylation sites (tertiary alicyclic amines) is 1. The van der Waals surface area contributed by atoms with E-state index in [4.69, 9.17) is 9.47 Å². The van der Waals surface area contributed by atoms with E-state index in [-0.39, 0.29) is 25.4 Å². The summed E-state index contributed by atoms with van der Waals surface area (Å²) in [5.41, 5.74) is -0.685. The highest BCUT2D eigenvalue weighted by atomic mass is 16.6. The third-order valence-corrected chi connectivity index (χ3v) is 4.86. The molecule has 3 rings (SSSR count). The highest BCUT2D eigenvalue weighted by Gasteiger charge is 2.42. The molecule has 0 radical (unpaired) electrons. The zero-order valence-electron chi connectivity index (χ0n) is 18.6. The molecule has 1 aromatic carbocycles. The molecular weight excluding hydrogens is 432 g/mol. The Kier molecular flexibility index (Phi) is 7.00. The van der Waals surface area contributed by atoms with Gasteiger partial charge in [-0.1, -0.05) is 30.3 Å². The van der Waals surface area contributed by atoms with E-state index in [1.54, 1.807) is 32.9 Å². The lowest BCUT2D eigenvalue weighted by atomic mass is 10.1. The molecule has 0 spiro atoms. The van der Waals surface area contributed by atoms with E-state index in [1.165, 1.54) is 16.8 Å². The van der Waals surface area contributed by atoms with E-state index in [0.717, 1.165) is 10.5 Å². The molecule has 1 saturated heterocycles. The van der Waals surface area contributed by atoms with Gasteiger partial charge in [-0.15, -0.1) is 0 Å². The number of aromatic nitrogens is 2. The van der Waals surface area contributed by atoms with Crippen LogP contribution in [0.15, 0.2) is 47.4 Å². The number of anilines is 1. The summed E-state index contributed by atoms with van der Waals surface area (Å²) in [6, 6.07) is 8.74. The van der Waals surface area contributed by atoms with Crippen molar-refractivity contribution in [2.45, 2.75) is 51.5 Å². The number of ether oxygens (including phenoxy) is 2. The Morgan fingerprint density at radius 3 is 2.48 bits per heavy atom. The first-order valence-electron chi connectivity index (χ1n) is 10.3. The fourth-order valence-corrected chi connectivity index (χ4v) is 3.40. The quantitative estimate of drug-likeness (QED) is 0.697. The van der Waals surface area contributed by atoms with Crippen LogP contribution >= 0.6 is 0 Å². The molecule has 1 aliphatic heterocycles. The van der Waals surface area contributed by atoms with Gasteiger partial charge in [-0.25, -0.2) is 19.2 Å². The first-order chi connectivity index (χ1) is 15.5. The van der Waals surface area contributed by atoms with Gasteiger partial charge in [0.15, 0.2) is 0 Å². The fraction of sp³-hybridized carbons (Fsp3) is 0.409. The van der Waals surface area contributed by atoms with E-state index in [0.29, 0.717) is 0 Å². The average molecular weight is 458 g/mol. The van der Waals surface area contributed by atoms with Gasteiger partial charge in [0.1, 0.15) is 24.1 Å². The standard InChI is InChI=1S/C22H26N4O7/c1-22(2,3)33-21(31)26-12-15(11-16(26)18(27)28)25-10-9-17(23-19(25)29)24-20(30)32-13-14-7-5-4-6-8-14/h4-10,15-16H,11-13H2,1-3H3,(H,27,28)(H,23,24,29,30)/t15-,16+/m1/s1. The number of carboxylic acids is 1.